The molecule has 0 aliphatic heterocycles. The van der Waals surface area contributed by atoms with Crippen LogP contribution >= 0.6 is 31.9 Å². The fourth-order valence-corrected chi connectivity index (χ4v) is 7.13. The van der Waals surface area contributed by atoms with Crippen LogP contribution in [0.2, 0.25) is 25.7 Å². The molecule has 0 saturated heterocycles. The average Bonchev–Trinajstić information content (AvgIpc) is 2.34. The second kappa shape index (κ2) is 8.19. The minimum absolute atomic E-state index is 0.241. The second-order valence-corrected chi connectivity index (χ2v) is 15.5. The van der Waals surface area contributed by atoms with E-state index in [1.807, 2.05) is 0 Å². The van der Waals surface area contributed by atoms with Gasteiger partial charge in [0.15, 0.2) is 0 Å². The first-order chi connectivity index (χ1) is 9.61. The first kappa shape index (κ1) is 19.3. The summed E-state index contributed by atoms with van der Waals surface area (Å²) in [6, 6.07) is 0.795. The normalized spacial score (nSPS) is 12.6. The van der Waals surface area contributed by atoms with Crippen molar-refractivity contribution in [2.75, 3.05) is 12.3 Å². The molecule has 0 amide bonds. The van der Waals surface area contributed by atoms with Gasteiger partial charge in [-0.3, -0.25) is 4.98 Å². The lowest BCUT2D eigenvalue weighted by molar-refractivity contribution is 0.580. The van der Waals surface area contributed by atoms with E-state index >= 15 is 0 Å². The Morgan fingerprint density at radius 3 is 2.29 bits per heavy atom. The van der Waals surface area contributed by atoms with Gasteiger partial charge in [0, 0.05) is 36.0 Å². The molecule has 1 aromatic rings. The maximum atomic E-state index is 11.9. The van der Waals surface area contributed by atoms with Crippen LogP contribution in [-0.2, 0) is 16.4 Å². The van der Waals surface area contributed by atoms with Gasteiger partial charge in [0.25, 0.3) is 0 Å². The fourth-order valence-electron chi connectivity index (χ4n) is 1.68. The highest BCUT2D eigenvalue weighted by Crippen LogP contribution is 2.24. The van der Waals surface area contributed by atoms with Crippen molar-refractivity contribution >= 4 is 50.0 Å². The van der Waals surface area contributed by atoms with Crippen LogP contribution in [0.25, 0.3) is 0 Å². The SMILES string of the molecule is C[Si](C)(C)CCS(=O)(=O)NCCCc1c(Br)cncc1Br. The molecule has 0 fully saturated rings. The summed E-state index contributed by atoms with van der Waals surface area (Å²) in [5.41, 5.74) is 1.12. The lowest BCUT2D eigenvalue weighted by Crippen LogP contribution is -2.32. The quantitative estimate of drug-likeness (QED) is 0.477. The lowest BCUT2D eigenvalue weighted by Gasteiger charge is -2.15. The molecule has 0 unspecified atom stereocenters. The number of halogens is 2. The molecule has 0 radical (unpaired) electrons. The van der Waals surface area contributed by atoms with Gasteiger partial charge in [-0.05, 0) is 56.3 Å². The van der Waals surface area contributed by atoms with E-state index in [0.29, 0.717) is 6.54 Å². The van der Waals surface area contributed by atoms with Gasteiger partial charge >= 0.3 is 0 Å². The molecule has 0 aliphatic carbocycles. The molecule has 0 aromatic carbocycles. The molecule has 1 aromatic heterocycles. The Kier molecular flexibility index (Phi) is 7.52. The molecule has 1 N–H and O–H groups in total. The summed E-state index contributed by atoms with van der Waals surface area (Å²) in [6.45, 7) is 7.01. The molecule has 1 heterocycles. The Morgan fingerprint density at radius 1 is 1.19 bits per heavy atom. The summed E-state index contributed by atoms with van der Waals surface area (Å²) in [7, 11) is -4.46. The number of aromatic nitrogens is 1. The summed E-state index contributed by atoms with van der Waals surface area (Å²) in [6.07, 6.45) is 5.05. The van der Waals surface area contributed by atoms with Crippen molar-refractivity contribution in [3.8, 4) is 0 Å². The molecule has 0 saturated carbocycles. The highest BCUT2D eigenvalue weighted by molar-refractivity contribution is 9.11. The van der Waals surface area contributed by atoms with Crippen molar-refractivity contribution in [3.05, 3.63) is 26.9 Å². The molecule has 0 atom stereocenters. The van der Waals surface area contributed by atoms with Crippen molar-refractivity contribution in [1.82, 2.24) is 9.71 Å². The van der Waals surface area contributed by atoms with E-state index < -0.39 is 18.1 Å². The van der Waals surface area contributed by atoms with E-state index in [1.54, 1.807) is 12.4 Å². The smallest absolute Gasteiger partial charge is 0.211 e. The van der Waals surface area contributed by atoms with Gasteiger partial charge in [-0.2, -0.15) is 0 Å². The van der Waals surface area contributed by atoms with Gasteiger partial charge in [-0.15, -0.1) is 0 Å². The van der Waals surface area contributed by atoms with E-state index in [9.17, 15) is 8.42 Å². The van der Waals surface area contributed by atoms with Gasteiger partial charge < -0.3 is 0 Å². The molecule has 0 spiro atoms. The highest BCUT2D eigenvalue weighted by Gasteiger charge is 2.18. The van der Waals surface area contributed by atoms with E-state index in [2.05, 4.69) is 61.2 Å². The molecule has 4 nitrogen and oxygen atoms in total. The third kappa shape index (κ3) is 7.87. The van der Waals surface area contributed by atoms with Crippen LogP contribution in [0.1, 0.15) is 12.0 Å². The Bertz CT molecular complexity index is 554. The number of pyridine rings is 1. The second-order valence-electron chi connectivity index (χ2n) is 6.21. The molecule has 120 valence electrons. The Labute approximate surface area is 145 Å². The number of hydrogen-bond donors (Lipinski definition) is 1. The van der Waals surface area contributed by atoms with E-state index in [-0.39, 0.29) is 5.75 Å². The highest BCUT2D eigenvalue weighted by atomic mass is 79.9. The predicted octanol–water partition coefficient (Wildman–Crippen LogP) is 3.80. The first-order valence-electron chi connectivity index (χ1n) is 6.86. The fraction of sp³-hybridized carbons (Fsp3) is 0.615. The van der Waals surface area contributed by atoms with E-state index in [1.165, 1.54) is 0 Å². The Morgan fingerprint density at radius 2 is 1.76 bits per heavy atom. The maximum absolute atomic E-state index is 11.9. The van der Waals surface area contributed by atoms with Crippen molar-refractivity contribution in [3.63, 3.8) is 0 Å². The van der Waals surface area contributed by atoms with Gasteiger partial charge in [0.1, 0.15) is 0 Å². The van der Waals surface area contributed by atoms with Gasteiger partial charge in [-0.1, -0.05) is 19.6 Å². The molecular weight excluding hydrogens is 436 g/mol. The van der Waals surface area contributed by atoms with E-state index in [4.69, 9.17) is 0 Å². The topological polar surface area (TPSA) is 59.1 Å². The molecule has 0 aliphatic rings. The standard InChI is InChI=1S/C13H22Br2N2O2SSi/c1-21(2,3)8-7-20(18,19)17-6-4-5-11-12(14)9-16-10-13(11)15/h9-10,17H,4-8H2,1-3H3. The van der Waals surface area contributed by atoms with Gasteiger partial charge in [0.05, 0.1) is 5.75 Å². The Hall–Kier alpha value is 0.237. The average molecular weight is 458 g/mol. The maximum Gasteiger partial charge on any atom is 0.211 e. The van der Waals surface area contributed by atoms with Gasteiger partial charge in [-0.25, -0.2) is 13.1 Å². The summed E-state index contributed by atoms with van der Waals surface area (Å²) < 4.78 is 28.4. The summed E-state index contributed by atoms with van der Waals surface area (Å²) in [5, 5.41) is 0. The third-order valence-corrected chi connectivity index (χ3v) is 7.86. The van der Waals surface area contributed by atoms with Crippen LogP contribution < -0.4 is 4.72 Å². The Balaban J connectivity index is 2.40. The van der Waals surface area contributed by atoms with Crippen LogP contribution in [-0.4, -0.2) is 33.8 Å². The van der Waals surface area contributed by atoms with Crippen molar-refractivity contribution in [1.29, 1.82) is 0 Å². The number of nitrogens with zero attached hydrogens (tertiary/aromatic N) is 1. The molecule has 1 rings (SSSR count). The summed E-state index contributed by atoms with van der Waals surface area (Å²) >= 11 is 6.92. The number of nitrogens with one attached hydrogen (secondary N) is 1. The first-order valence-corrected chi connectivity index (χ1v) is 13.8. The predicted molar refractivity (Wildman–Crippen MR) is 97.9 cm³/mol. The van der Waals surface area contributed by atoms with Crippen molar-refractivity contribution in [2.24, 2.45) is 0 Å². The number of rotatable bonds is 8. The van der Waals surface area contributed by atoms with Crippen molar-refractivity contribution < 1.29 is 8.42 Å². The van der Waals surface area contributed by atoms with Crippen LogP contribution in [0, 0.1) is 0 Å². The summed E-state index contributed by atoms with van der Waals surface area (Å²) in [4.78, 5) is 4.06. The zero-order valence-corrected chi connectivity index (χ0v) is 17.6. The van der Waals surface area contributed by atoms with Crippen LogP contribution in [0.15, 0.2) is 21.3 Å². The molecule has 8 heteroatoms. The van der Waals surface area contributed by atoms with Crippen molar-refractivity contribution in [2.45, 2.75) is 38.5 Å². The molecule has 0 bridgehead atoms. The van der Waals surface area contributed by atoms with E-state index in [0.717, 1.165) is 33.4 Å². The zero-order valence-electron chi connectivity index (χ0n) is 12.6. The van der Waals surface area contributed by atoms with Crippen LogP contribution in [0.4, 0.5) is 0 Å². The minimum atomic E-state index is -3.14. The third-order valence-electron chi connectivity index (χ3n) is 3.00. The number of sulfonamides is 1. The zero-order chi connectivity index (χ0) is 16.1. The largest absolute Gasteiger partial charge is 0.262 e. The molecule has 21 heavy (non-hydrogen) atoms. The van der Waals surface area contributed by atoms with Gasteiger partial charge in [0.2, 0.25) is 10.0 Å². The molecular formula is C13H22Br2N2O2SSi. The van der Waals surface area contributed by atoms with Crippen LogP contribution in [0.5, 0.6) is 0 Å². The minimum Gasteiger partial charge on any atom is -0.262 e. The monoisotopic (exact) mass is 456 g/mol. The number of hydrogen-bond acceptors (Lipinski definition) is 3. The summed E-state index contributed by atoms with van der Waals surface area (Å²) in [5.74, 6) is 0.241. The van der Waals surface area contributed by atoms with Crippen LogP contribution in [0.3, 0.4) is 0 Å². The lowest BCUT2D eigenvalue weighted by atomic mass is 10.1.